The van der Waals surface area contributed by atoms with Gasteiger partial charge in [-0.2, -0.15) is 0 Å². The molecule has 0 aromatic rings. The smallest absolute Gasteiger partial charge is 0.142 e. The molecular formula is C13H26O. The SMILES string of the molecule is CC(C(=O)C(C)(C)C(C)C)C(C)(C)C. The van der Waals surface area contributed by atoms with Crippen molar-refractivity contribution in [2.45, 2.75) is 55.4 Å². The van der Waals surface area contributed by atoms with E-state index >= 15 is 0 Å². The highest BCUT2D eigenvalue weighted by Crippen LogP contribution is 2.36. The van der Waals surface area contributed by atoms with E-state index in [1.807, 2.05) is 6.92 Å². The van der Waals surface area contributed by atoms with Gasteiger partial charge in [0.2, 0.25) is 0 Å². The maximum absolute atomic E-state index is 12.3. The molecule has 0 rings (SSSR count). The highest BCUT2D eigenvalue weighted by atomic mass is 16.1. The minimum absolute atomic E-state index is 0.0727. The third kappa shape index (κ3) is 2.83. The molecule has 84 valence electrons. The van der Waals surface area contributed by atoms with Gasteiger partial charge in [-0.1, -0.05) is 55.4 Å². The monoisotopic (exact) mass is 198 g/mol. The predicted molar refractivity (Wildman–Crippen MR) is 62.2 cm³/mol. The zero-order chi connectivity index (χ0) is 11.7. The van der Waals surface area contributed by atoms with Crippen molar-refractivity contribution in [2.24, 2.45) is 22.7 Å². The van der Waals surface area contributed by atoms with E-state index in [2.05, 4.69) is 48.5 Å². The van der Waals surface area contributed by atoms with Gasteiger partial charge in [-0.25, -0.2) is 0 Å². The summed E-state index contributed by atoms with van der Waals surface area (Å²) >= 11 is 0. The fourth-order valence-corrected chi connectivity index (χ4v) is 1.24. The second-order valence-corrected chi connectivity index (χ2v) is 6.33. The molecule has 0 bridgehead atoms. The van der Waals surface area contributed by atoms with Gasteiger partial charge in [0, 0.05) is 11.3 Å². The Morgan fingerprint density at radius 1 is 0.929 bits per heavy atom. The molecule has 0 spiro atoms. The molecule has 0 amide bonds. The summed E-state index contributed by atoms with van der Waals surface area (Å²) in [7, 11) is 0. The van der Waals surface area contributed by atoms with Crippen molar-refractivity contribution in [1.82, 2.24) is 0 Å². The number of carbonyl (C=O) groups is 1. The van der Waals surface area contributed by atoms with Crippen LogP contribution in [-0.2, 0) is 4.79 Å². The van der Waals surface area contributed by atoms with Crippen LogP contribution in [0.3, 0.4) is 0 Å². The van der Waals surface area contributed by atoms with E-state index < -0.39 is 0 Å². The van der Waals surface area contributed by atoms with Crippen LogP contribution in [0, 0.1) is 22.7 Å². The molecule has 0 heterocycles. The van der Waals surface area contributed by atoms with E-state index in [9.17, 15) is 4.79 Å². The van der Waals surface area contributed by atoms with Crippen LogP contribution < -0.4 is 0 Å². The van der Waals surface area contributed by atoms with Crippen molar-refractivity contribution < 1.29 is 4.79 Å². The number of ketones is 1. The van der Waals surface area contributed by atoms with Crippen LogP contribution in [0.4, 0.5) is 0 Å². The summed E-state index contributed by atoms with van der Waals surface area (Å²) in [5, 5.41) is 0. The van der Waals surface area contributed by atoms with E-state index in [0.29, 0.717) is 11.7 Å². The second-order valence-electron chi connectivity index (χ2n) is 6.33. The third-order valence-corrected chi connectivity index (χ3v) is 3.77. The number of hydrogen-bond donors (Lipinski definition) is 0. The van der Waals surface area contributed by atoms with Gasteiger partial charge in [0.05, 0.1) is 0 Å². The van der Waals surface area contributed by atoms with Crippen LogP contribution in [-0.4, -0.2) is 5.78 Å². The first-order valence-corrected chi connectivity index (χ1v) is 5.55. The molecule has 0 aromatic carbocycles. The normalized spacial score (nSPS) is 15.8. The van der Waals surface area contributed by atoms with Gasteiger partial charge in [-0.15, -0.1) is 0 Å². The first kappa shape index (κ1) is 13.7. The summed E-state index contributed by atoms with van der Waals surface area (Å²) in [6, 6.07) is 0. The first-order chi connectivity index (χ1) is 6.01. The molecule has 1 unspecified atom stereocenters. The minimum Gasteiger partial charge on any atom is -0.299 e. The van der Waals surface area contributed by atoms with Crippen LogP contribution in [0.5, 0.6) is 0 Å². The van der Waals surface area contributed by atoms with Crippen molar-refractivity contribution >= 4 is 5.78 Å². The highest BCUT2D eigenvalue weighted by molar-refractivity contribution is 5.86. The van der Waals surface area contributed by atoms with Crippen molar-refractivity contribution in [2.75, 3.05) is 0 Å². The van der Waals surface area contributed by atoms with Gasteiger partial charge < -0.3 is 0 Å². The molecule has 0 saturated carbocycles. The highest BCUT2D eigenvalue weighted by Gasteiger charge is 2.38. The van der Waals surface area contributed by atoms with Gasteiger partial charge in [-0.05, 0) is 11.3 Å². The molecule has 0 saturated heterocycles. The summed E-state index contributed by atoms with van der Waals surface area (Å²) in [4.78, 5) is 12.3. The molecular weight excluding hydrogens is 172 g/mol. The quantitative estimate of drug-likeness (QED) is 0.671. The molecule has 0 radical (unpaired) electrons. The molecule has 0 aromatic heterocycles. The summed E-state index contributed by atoms with van der Waals surface area (Å²) in [6.07, 6.45) is 0. The Bertz CT molecular complexity index is 206. The van der Waals surface area contributed by atoms with Gasteiger partial charge in [-0.3, -0.25) is 4.79 Å². The van der Waals surface area contributed by atoms with E-state index in [0.717, 1.165) is 0 Å². The van der Waals surface area contributed by atoms with E-state index in [4.69, 9.17) is 0 Å². The first-order valence-electron chi connectivity index (χ1n) is 5.55. The standard InChI is InChI=1S/C13H26O/c1-9(2)13(7,8)11(14)10(3)12(4,5)6/h9-10H,1-8H3. The fraction of sp³-hybridized carbons (Fsp3) is 0.923. The topological polar surface area (TPSA) is 17.1 Å². The molecule has 14 heavy (non-hydrogen) atoms. The predicted octanol–water partition coefficient (Wildman–Crippen LogP) is 3.92. The van der Waals surface area contributed by atoms with Gasteiger partial charge in [0.1, 0.15) is 5.78 Å². The molecule has 0 aliphatic heterocycles. The number of Topliss-reactive ketones (excluding diaryl/α,β-unsaturated/α-hetero) is 1. The third-order valence-electron chi connectivity index (χ3n) is 3.77. The van der Waals surface area contributed by atoms with Crippen LogP contribution in [0.25, 0.3) is 0 Å². The Balaban J connectivity index is 4.80. The van der Waals surface area contributed by atoms with Crippen molar-refractivity contribution in [3.63, 3.8) is 0 Å². The van der Waals surface area contributed by atoms with Gasteiger partial charge in [0.15, 0.2) is 0 Å². The number of rotatable bonds is 3. The lowest BCUT2D eigenvalue weighted by Crippen LogP contribution is -2.39. The van der Waals surface area contributed by atoms with Crippen molar-refractivity contribution in [1.29, 1.82) is 0 Å². The van der Waals surface area contributed by atoms with E-state index in [1.54, 1.807) is 0 Å². The average Bonchev–Trinajstić information content (AvgIpc) is 1.99. The van der Waals surface area contributed by atoms with Crippen LogP contribution >= 0.6 is 0 Å². The van der Waals surface area contributed by atoms with Crippen LogP contribution in [0.1, 0.15) is 55.4 Å². The molecule has 0 aliphatic rings. The molecule has 1 nitrogen and oxygen atoms in total. The van der Waals surface area contributed by atoms with Crippen LogP contribution in [0.15, 0.2) is 0 Å². The minimum atomic E-state index is -0.202. The lowest BCUT2D eigenvalue weighted by atomic mass is 9.67. The Hall–Kier alpha value is -0.330. The molecule has 1 heteroatoms. The van der Waals surface area contributed by atoms with Gasteiger partial charge in [0.25, 0.3) is 0 Å². The maximum Gasteiger partial charge on any atom is 0.142 e. The Morgan fingerprint density at radius 2 is 1.29 bits per heavy atom. The Labute approximate surface area is 89.3 Å². The molecule has 1 atom stereocenters. The average molecular weight is 198 g/mol. The molecule has 0 N–H and O–H groups in total. The Morgan fingerprint density at radius 3 is 1.50 bits per heavy atom. The molecule has 0 fully saturated rings. The van der Waals surface area contributed by atoms with E-state index in [1.165, 1.54) is 0 Å². The zero-order valence-electron chi connectivity index (χ0n) is 11.1. The lowest BCUT2D eigenvalue weighted by Gasteiger charge is -2.35. The summed E-state index contributed by atoms with van der Waals surface area (Å²) in [5.74, 6) is 0.916. The Kier molecular flexibility index (Phi) is 3.94. The summed E-state index contributed by atoms with van der Waals surface area (Å²) < 4.78 is 0. The summed E-state index contributed by atoms with van der Waals surface area (Å²) in [5.41, 5.74) is -0.129. The van der Waals surface area contributed by atoms with Crippen LogP contribution in [0.2, 0.25) is 0 Å². The molecule has 0 aliphatic carbocycles. The number of carbonyl (C=O) groups excluding carboxylic acids is 1. The van der Waals surface area contributed by atoms with E-state index in [-0.39, 0.29) is 16.7 Å². The van der Waals surface area contributed by atoms with Crippen molar-refractivity contribution in [3.05, 3.63) is 0 Å². The maximum atomic E-state index is 12.3. The fourth-order valence-electron chi connectivity index (χ4n) is 1.24. The largest absolute Gasteiger partial charge is 0.299 e. The van der Waals surface area contributed by atoms with Crippen molar-refractivity contribution in [3.8, 4) is 0 Å². The lowest BCUT2D eigenvalue weighted by molar-refractivity contribution is -0.136. The number of hydrogen-bond acceptors (Lipinski definition) is 1. The second kappa shape index (κ2) is 4.04. The summed E-state index contributed by atoms with van der Waals surface area (Å²) in [6.45, 7) is 16.8. The zero-order valence-corrected chi connectivity index (χ0v) is 11.1. The van der Waals surface area contributed by atoms with Gasteiger partial charge >= 0.3 is 0 Å².